The van der Waals surface area contributed by atoms with Gasteiger partial charge < -0.3 is 16.0 Å². The SMILES string of the molecule is CC1Cc2cc(Nc3ccnc(Nc4ccccc4Br)n3)ccc2N1. The second-order valence-corrected chi connectivity index (χ2v) is 6.97. The Balaban J connectivity index is 1.52. The molecule has 6 heteroatoms. The largest absolute Gasteiger partial charge is 0.382 e. The summed E-state index contributed by atoms with van der Waals surface area (Å²) in [6.45, 7) is 2.19. The van der Waals surface area contributed by atoms with E-state index in [0.717, 1.165) is 28.1 Å². The van der Waals surface area contributed by atoms with Crippen LogP contribution in [0.1, 0.15) is 12.5 Å². The number of anilines is 5. The summed E-state index contributed by atoms with van der Waals surface area (Å²) in [7, 11) is 0. The molecule has 4 rings (SSSR count). The molecule has 1 aromatic heterocycles. The molecule has 0 bridgehead atoms. The van der Waals surface area contributed by atoms with Gasteiger partial charge in [-0.25, -0.2) is 4.98 Å². The van der Waals surface area contributed by atoms with Crippen LogP contribution in [0, 0.1) is 0 Å². The third-order valence-corrected chi connectivity index (χ3v) is 4.77. The predicted molar refractivity (Wildman–Crippen MR) is 106 cm³/mol. The van der Waals surface area contributed by atoms with E-state index in [2.05, 4.69) is 67.0 Å². The molecule has 0 saturated carbocycles. The predicted octanol–water partition coefficient (Wildman–Crippen LogP) is 5.08. The molecule has 0 saturated heterocycles. The second-order valence-electron chi connectivity index (χ2n) is 6.12. The second kappa shape index (κ2) is 6.72. The van der Waals surface area contributed by atoms with Crippen molar-refractivity contribution >= 4 is 44.8 Å². The molecular formula is C19H18BrN5. The van der Waals surface area contributed by atoms with E-state index in [1.165, 1.54) is 11.3 Å². The summed E-state index contributed by atoms with van der Waals surface area (Å²) in [6, 6.07) is 16.6. The molecular weight excluding hydrogens is 378 g/mol. The monoisotopic (exact) mass is 395 g/mol. The number of para-hydroxylation sites is 1. The third kappa shape index (κ3) is 3.58. The highest BCUT2D eigenvalue weighted by Gasteiger charge is 2.16. The number of fused-ring (bicyclic) bond motifs is 1. The summed E-state index contributed by atoms with van der Waals surface area (Å²) < 4.78 is 0.970. The van der Waals surface area contributed by atoms with Gasteiger partial charge in [0.2, 0.25) is 5.95 Å². The fourth-order valence-corrected chi connectivity index (χ4v) is 3.33. The van der Waals surface area contributed by atoms with Gasteiger partial charge in [0.1, 0.15) is 5.82 Å². The summed E-state index contributed by atoms with van der Waals surface area (Å²) in [4.78, 5) is 8.84. The summed E-state index contributed by atoms with van der Waals surface area (Å²) in [5.41, 5.74) is 4.51. The molecule has 0 amide bonds. The number of hydrogen-bond donors (Lipinski definition) is 3. The van der Waals surface area contributed by atoms with E-state index in [4.69, 9.17) is 0 Å². The Morgan fingerprint density at radius 3 is 2.88 bits per heavy atom. The van der Waals surface area contributed by atoms with Crippen molar-refractivity contribution in [3.63, 3.8) is 0 Å². The highest BCUT2D eigenvalue weighted by Crippen LogP contribution is 2.29. The molecule has 25 heavy (non-hydrogen) atoms. The van der Waals surface area contributed by atoms with Crippen LogP contribution in [0.5, 0.6) is 0 Å². The number of rotatable bonds is 4. The van der Waals surface area contributed by atoms with Gasteiger partial charge >= 0.3 is 0 Å². The van der Waals surface area contributed by atoms with Crippen molar-refractivity contribution in [2.75, 3.05) is 16.0 Å². The number of benzene rings is 2. The molecule has 1 unspecified atom stereocenters. The van der Waals surface area contributed by atoms with Crippen LogP contribution in [-0.4, -0.2) is 16.0 Å². The van der Waals surface area contributed by atoms with Crippen LogP contribution < -0.4 is 16.0 Å². The van der Waals surface area contributed by atoms with Crippen LogP contribution in [0.25, 0.3) is 0 Å². The van der Waals surface area contributed by atoms with Crippen LogP contribution in [0.2, 0.25) is 0 Å². The van der Waals surface area contributed by atoms with Gasteiger partial charge in [0.25, 0.3) is 0 Å². The number of halogens is 1. The van der Waals surface area contributed by atoms with Gasteiger partial charge in [0, 0.05) is 28.1 Å². The van der Waals surface area contributed by atoms with E-state index in [-0.39, 0.29) is 0 Å². The zero-order chi connectivity index (χ0) is 17.2. The van der Waals surface area contributed by atoms with Crippen LogP contribution in [-0.2, 0) is 6.42 Å². The number of nitrogens with zero attached hydrogens (tertiary/aromatic N) is 2. The van der Waals surface area contributed by atoms with E-state index >= 15 is 0 Å². The van der Waals surface area contributed by atoms with Crippen molar-refractivity contribution in [2.24, 2.45) is 0 Å². The van der Waals surface area contributed by atoms with Gasteiger partial charge in [-0.3, -0.25) is 0 Å². The molecule has 0 aliphatic carbocycles. The molecule has 0 radical (unpaired) electrons. The average molecular weight is 396 g/mol. The Labute approximate surface area is 155 Å². The zero-order valence-electron chi connectivity index (χ0n) is 13.8. The molecule has 3 aromatic rings. The van der Waals surface area contributed by atoms with Gasteiger partial charge in [0.05, 0.1) is 5.69 Å². The fourth-order valence-electron chi connectivity index (χ4n) is 2.95. The minimum absolute atomic E-state index is 0.490. The van der Waals surface area contributed by atoms with Crippen molar-refractivity contribution < 1.29 is 0 Å². The topological polar surface area (TPSA) is 61.9 Å². The van der Waals surface area contributed by atoms with Crippen molar-refractivity contribution in [3.8, 4) is 0 Å². The lowest BCUT2D eigenvalue weighted by molar-refractivity contribution is 0.839. The molecule has 2 heterocycles. The Hall–Kier alpha value is -2.60. The molecule has 1 aliphatic heterocycles. The molecule has 0 fully saturated rings. The molecule has 0 spiro atoms. The van der Waals surface area contributed by atoms with Gasteiger partial charge in [-0.2, -0.15) is 4.98 Å². The van der Waals surface area contributed by atoms with Gasteiger partial charge in [0.15, 0.2) is 0 Å². The summed E-state index contributed by atoms with van der Waals surface area (Å²) >= 11 is 3.52. The first kappa shape index (κ1) is 15.9. The highest BCUT2D eigenvalue weighted by atomic mass is 79.9. The Bertz CT molecular complexity index is 912. The van der Waals surface area contributed by atoms with Crippen molar-refractivity contribution in [1.29, 1.82) is 0 Å². The molecule has 3 N–H and O–H groups in total. The van der Waals surface area contributed by atoms with Crippen molar-refractivity contribution in [2.45, 2.75) is 19.4 Å². The van der Waals surface area contributed by atoms with Crippen molar-refractivity contribution in [3.05, 3.63) is 64.8 Å². The Morgan fingerprint density at radius 2 is 2.00 bits per heavy atom. The van der Waals surface area contributed by atoms with Gasteiger partial charge in [-0.05, 0) is 71.2 Å². The minimum Gasteiger partial charge on any atom is -0.382 e. The van der Waals surface area contributed by atoms with Crippen LogP contribution in [0.3, 0.4) is 0 Å². The molecule has 126 valence electrons. The first-order valence-corrected chi connectivity index (χ1v) is 8.98. The summed E-state index contributed by atoms with van der Waals surface area (Å²) in [5, 5.41) is 10.0. The normalized spacial score (nSPS) is 15.4. The van der Waals surface area contributed by atoms with Gasteiger partial charge in [-0.1, -0.05) is 12.1 Å². The van der Waals surface area contributed by atoms with E-state index in [1.54, 1.807) is 6.20 Å². The maximum absolute atomic E-state index is 4.54. The molecule has 1 aliphatic rings. The first-order valence-electron chi connectivity index (χ1n) is 8.18. The van der Waals surface area contributed by atoms with Crippen LogP contribution in [0.4, 0.5) is 28.8 Å². The van der Waals surface area contributed by atoms with E-state index < -0.39 is 0 Å². The van der Waals surface area contributed by atoms with Gasteiger partial charge in [-0.15, -0.1) is 0 Å². The van der Waals surface area contributed by atoms with Crippen molar-refractivity contribution in [1.82, 2.24) is 9.97 Å². The molecule has 2 aromatic carbocycles. The van der Waals surface area contributed by atoms with E-state index in [9.17, 15) is 0 Å². The molecule has 1 atom stereocenters. The number of hydrogen-bond acceptors (Lipinski definition) is 5. The zero-order valence-corrected chi connectivity index (χ0v) is 15.3. The Kier molecular flexibility index (Phi) is 4.28. The number of nitrogens with one attached hydrogen (secondary N) is 3. The first-order chi connectivity index (χ1) is 12.2. The molecule has 5 nitrogen and oxygen atoms in total. The van der Waals surface area contributed by atoms with E-state index in [0.29, 0.717) is 12.0 Å². The maximum atomic E-state index is 4.54. The smallest absolute Gasteiger partial charge is 0.229 e. The average Bonchev–Trinajstić information content (AvgIpc) is 2.97. The number of aromatic nitrogens is 2. The van der Waals surface area contributed by atoms with E-state index in [1.807, 2.05) is 30.3 Å². The standard InChI is InChI=1S/C19H18BrN5/c1-12-10-13-11-14(6-7-16(13)22-12)23-18-8-9-21-19(25-18)24-17-5-3-2-4-15(17)20/h2-9,11-12,22H,10H2,1H3,(H2,21,23,24,25). The summed E-state index contributed by atoms with van der Waals surface area (Å²) in [5.74, 6) is 1.30. The lowest BCUT2D eigenvalue weighted by Gasteiger charge is -2.10. The Morgan fingerprint density at radius 1 is 1.12 bits per heavy atom. The lowest BCUT2D eigenvalue weighted by atomic mass is 10.1. The maximum Gasteiger partial charge on any atom is 0.229 e. The summed E-state index contributed by atoms with van der Waals surface area (Å²) in [6.07, 6.45) is 2.79. The highest BCUT2D eigenvalue weighted by molar-refractivity contribution is 9.10. The third-order valence-electron chi connectivity index (χ3n) is 4.08. The minimum atomic E-state index is 0.490. The van der Waals surface area contributed by atoms with Crippen LogP contribution in [0.15, 0.2) is 59.2 Å². The quantitative estimate of drug-likeness (QED) is 0.574. The fraction of sp³-hybridized carbons (Fsp3) is 0.158. The van der Waals surface area contributed by atoms with Crippen LogP contribution >= 0.6 is 15.9 Å². The lowest BCUT2D eigenvalue weighted by Crippen LogP contribution is -2.08.